The lowest BCUT2D eigenvalue weighted by Crippen LogP contribution is -2.48. The molecule has 2 amide bonds. The second kappa shape index (κ2) is 15.3. The Balaban J connectivity index is 1.80. The topological polar surface area (TPSA) is 81.7 Å². The van der Waals surface area contributed by atoms with Gasteiger partial charge in [-0.15, -0.1) is 0 Å². The van der Waals surface area contributed by atoms with Gasteiger partial charge in [0.05, 0.1) is 12.1 Å². The summed E-state index contributed by atoms with van der Waals surface area (Å²) in [5.41, 5.74) is 3.89. The second-order valence-corrected chi connectivity index (χ2v) is 10.4. The zero-order valence-electron chi connectivity index (χ0n) is 24.0. The zero-order chi connectivity index (χ0) is 29.1. The molecule has 2 atom stereocenters. The molecule has 3 rings (SSSR count). The third-order valence-electron chi connectivity index (χ3n) is 6.86. The fourth-order valence-electron chi connectivity index (χ4n) is 4.73. The summed E-state index contributed by atoms with van der Waals surface area (Å²) in [6.07, 6.45) is 1.01. The van der Waals surface area contributed by atoms with E-state index in [0.29, 0.717) is 41.9 Å². The third-order valence-corrected chi connectivity index (χ3v) is 6.86. The number of aliphatic hydroxyl groups excluding tert-OH is 1. The number of benzene rings is 3. The number of nitrogens with one attached hydrogen (secondary N) is 2. The minimum atomic E-state index is -0.937. The van der Waals surface area contributed by atoms with Crippen molar-refractivity contribution in [3.8, 4) is 0 Å². The Labute approximate surface area is 237 Å². The third kappa shape index (κ3) is 9.00. The van der Waals surface area contributed by atoms with Crippen LogP contribution in [0.25, 0.3) is 0 Å². The first-order chi connectivity index (χ1) is 19.2. The van der Waals surface area contributed by atoms with Gasteiger partial charge < -0.3 is 20.6 Å². The number of hydrogen-bond acceptors (Lipinski definition) is 4. The highest BCUT2D eigenvalue weighted by molar-refractivity contribution is 6.00. The van der Waals surface area contributed by atoms with Crippen molar-refractivity contribution in [3.63, 3.8) is 0 Å². The molecule has 0 aliphatic heterocycles. The fourth-order valence-corrected chi connectivity index (χ4v) is 4.73. The molecule has 7 heteroatoms. The molecule has 0 spiro atoms. The number of carbonyl (C=O) groups excluding carboxylic acids is 2. The molecular weight excluding hydrogens is 505 g/mol. The van der Waals surface area contributed by atoms with Crippen LogP contribution in [0.4, 0.5) is 4.39 Å². The van der Waals surface area contributed by atoms with Gasteiger partial charge in [0, 0.05) is 37.3 Å². The summed E-state index contributed by atoms with van der Waals surface area (Å²) in [4.78, 5) is 28.5. The summed E-state index contributed by atoms with van der Waals surface area (Å²) in [7, 11) is 0. The van der Waals surface area contributed by atoms with Gasteiger partial charge in [0.2, 0.25) is 0 Å². The SMILES string of the molecule is CCCN(CCC)C(=O)c1cc(C)cc(C(=O)N[C@@H](Cc2ccc(C)c(F)c2)[C@H](O)CNCc2ccccc2)c1. The predicted molar refractivity (Wildman–Crippen MR) is 158 cm³/mol. The summed E-state index contributed by atoms with van der Waals surface area (Å²) in [5.74, 6) is -0.821. The van der Waals surface area contributed by atoms with Crippen molar-refractivity contribution in [2.75, 3.05) is 19.6 Å². The van der Waals surface area contributed by atoms with Crippen LogP contribution in [0.15, 0.2) is 66.7 Å². The maximum absolute atomic E-state index is 14.3. The highest BCUT2D eigenvalue weighted by Gasteiger charge is 2.24. The zero-order valence-corrected chi connectivity index (χ0v) is 24.0. The molecule has 40 heavy (non-hydrogen) atoms. The minimum absolute atomic E-state index is 0.0988. The van der Waals surface area contributed by atoms with E-state index in [1.54, 1.807) is 37.3 Å². The van der Waals surface area contributed by atoms with Crippen molar-refractivity contribution in [3.05, 3.63) is 106 Å². The molecule has 214 valence electrons. The summed E-state index contributed by atoms with van der Waals surface area (Å²) in [5, 5.41) is 17.3. The van der Waals surface area contributed by atoms with E-state index in [4.69, 9.17) is 0 Å². The van der Waals surface area contributed by atoms with Crippen molar-refractivity contribution < 1.29 is 19.1 Å². The molecule has 0 aliphatic rings. The van der Waals surface area contributed by atoms with E-state index < -0.39 is 18.1 Å². The van der Waals surface area contributed by atoms with Crippen LogP contribution in [-0.2, 0) is 13.0 Å². The highest BCUT2D eigenvalue weighted by Crippen LogP contribution is 2.16. The van der Waals surface area contributed by atoms with E-state index >= 15 is 0 Å². The van der Waals surface area contributed by atoms with Crippen LogP contribution in [0.2, 0.25) is 0 Å². The van der Waals surface area contributed by atoms with Gasteiger partial charge in [-0.3, -0.25) is 9.59 Å². The number of hydrogen-bond donors (Lipinski definition) is 3. The van der Waals surface area contributed by atoms with Gasteiger partial charge in [-0.2, -0.15) is 0 Å². The second-order valence-electron chi connectivity index (χ2n) is 10.4. The lowest BCUT2D eigenvalue weighted by molar-refractivity contribution is 0.0755. The first-order valence-electron chi connectivity index (χ1n) is 14.1. The minimum Gasteiger partial charge on any atom is -0.390 e. The maximum Gasteiger partial charge on any atom is 0.253 e. The predicted octanol–water partition coefficient (Wildman–Crippen LogP) is 5.20. The molecule has 0 unspecified atom stereocenters. The molecule has 0 radical (unpaired) electrons. The Hall–Kier alpha value is -3.55. The van der Waals surface area contributed by atoms with Gasteiger partial charge in [-0.05, 0) is 79.6 Å². The van der Waals surface area contributed by atoms with Crippen molar-refractivity contribution in [2.45, 2.75) is 65.6 Å². The van der Waals surface area contributed by atoms with Crippen LogP contribution in [0.5, 0.6) is 0 Å². The van der Waals surface area contributed by atoms with E-state index in [-0.39, 0.29) is 24.7 Å². The molecule has 0 fully saturated rings. The van der Waals surface area contributed by atoms with Crippen LogP contribution < -0.4 is 10.6 Å². The van der Waals surface area contributed by atoms with Crippen LogP contribution in [0.3, 0.4) is 0 Å². The van der Waals surface area contributed by atoms with E-state index in [1.165, 1.54) is 6.07 Å². The molecule has 0 saturated carbocycles. The van der Waals surface area contributed by atoms with Gasteiger partial charge in [-0.1, -0.05) is 56.3 Å². The van der Waals surface area contributed by atoms with Crippen LogP contribution in [0, 0.1) is 19.7 Å². The molecular formula is C33H42FN3O3. The molecule has 0 saturated heterocycles. The first kappa shape index (κ1) is 31.0. The Morgan fingerprint density at radius 1 is 0.900 bits per heavy atom. The summed E-state index contributed by atoms with van der Waals surface area (Å²) < 4.78 is 14.3. The van der Waals surface area contributed by atoms with Crippen molar-refractivity contribution >= 4 is 11.8 Å². The lowest BCUT2D eigenvalue weighted by Gasteiger charge is -2.25. The molecule has 3 N–H and O–H groups in total. The van der Waals surface area contributed by atoms with E-state index in [0.717, 1.165) is 24.0 Å². The van der Waals surface area contributed by atoms with Crippen LogP contribution >= 0.6 is 0 Å². The number of aryl methyl sites for hydroxylation is 2. The first-order valence-corrected chi connectivity index (χ1v) is 14.1. The Bertz CT molecular complexity index is 1260. The van der Waals surface area contributed by atoms with Gasteiger partial charge in [0.25, 0.3) is 11.8 Å². The standard InChI is InChI=1S/C33H42FN3O3/c1-5-14-37(15-6-2)33(40)28-17-23(3)16-27(20-28)32(39)36-30(19-26-13-12-24(4)29(34)18-26)31(38)22-35-21-25-10-8-7-9-11-25/h7-13,16-18,20,30-31,35,38H,5-6,14-15,19,21-22H2,1-4H3,(H,36,39)/t30-,31+/m0/s1. The fraction of sp³-hybridized carbons (Fsp3) is 0.394. The number of aliphatic hydroxyl groups is 1. The Kier molecular flexibility index (Phi) is 11.8. The van der Waals surface area contributed by atoms with Gasteiger partial charge >= 0.3 is 0 Å². The van der Waals surface area contributed by atoms with E-state index in [1.807, 2.05) is 56.0 Å². The van der Waals surface area contributed by atoms with E-state index in [2.05, 4.69) is 10.6 Å². The molecule has 6 nitrogen and oxygen atoms in total. The number of amides is 2. The highest BCUT2D eigenvalue weighted by atomic mass is 19.1. The number of nitrogens with zero attached hydrogens (tertiary/aromatic N) is 1. The average molecular weight is 548 g/mol. The Morgan fingerprint density at radius 3 is 2.23 bits per heavy atom. The lowest BCUT2D eigenvalue weighted by atomic mass is 9.98. The van der Waals surface area contributed by atoms with Crippen LogP contribution in [0.1, 0.15) is 69.7 Å². The maximum atomic E-state index is 14.3. The summed E-state index contributed by atoms with van der Waals surface area (Å²) in [6, 6.07) is 19.2. The number of halogens is 1. The van der Waals surface area contributed by atoms with Crippen molar-refractivity contribution in [1.29, 1.82) is 0 Å². The quantitative estimate of drug-likeness (QED) is 0.259. The summed E-state index contributed by atoms with van der Waals surface area (Å²) in [6.45, 7) is 9.71. The molecule has 0 aliphatic carbocycles. The molecule has 0 heterocycles. The molecule has 0 aromatic heterocycles. The number of carbonyl (C=O) groups is 2. The van der Waals surface area contributed by atoms with E-state index in [9.17, 15) is 19.1 Å². The Morgan fingerprint density at radius 2 is 1.57 bits per heavy atom. The van der Waals surface area contributed by atoms with Crippen molar-refractivity contribution in [1.82, 2.24) is 15.5 Å². The summed E-state index contributed by atoms with van der Waals surface area (Å²) >= 11 is 0. The van der Waals surface area contributed by atoms with Gasteiger partial charge in [-0.25, -0.2) is 4.39 Å². The molecule has 3 aromatic carbocycles. The number of rotatable bonds is 14. The smallest absolute Gasteiger partial charge is 0.253 e. The average Bonchev–Trinajstić information content (AvgIpc) is 2.94. The van der Waals surface area contributed by atoms with Crippen LogP contribution in [-0.4, -0.2) is 53.6 Å². The monoisotopic (exact) mass is 547 g/mol. The van der Waals surface area contributed by atoms with Crippen molar-refractivity contribution in [2.24, 2.45) is 0 Å². The largest absolute Gasteiger partial charge is 0.390 e. The van der Waals surface area contributed by atoms with Gasteiger partial charge in [0.1, 0.15) is 5.82 Å². The normalized spacial score (nSPS) is 12.6. The molecule has 3 aromatic rings. The van der Waals surface area contributed by atoms with Gasteiger partial charge in [0.15, 0.2) is 0 Å². The molecule has 0 bridgehead atoms.